The molecular weight excluding hydrogens is 767 g/mol. The normalized spacial score (nSPS) is 12.8. The summed E-state index contributed by atoms with van der Waals surface area (Å²) in [5, 5.41) is 25.6. The van der Waals surface area contributed by atoms with Gasteiger partial charge in [0.2, 0.25) is 0 Å². The number of carbonyl (C=O) groups is 2. The number of carboxylic acids is 2. The molecule has 0 radical (unpaired) electrons. The molecule has 58 heavy (non-hydrogen) atoms. The molecule has 0 amide bonds. The van der Waals surface area contributed by atoms with Crippen molar-refractivity contribution >= 4 is 62.8 Å². The Morgan fingerprint density at radius 2 is 0.983 bits per heavy atom. The summed E-state index contributed by atoms with van der Waals surface area (Å²) >= 11 is 12.2. The van der Waals surface area contributed by atoms with Gasteiger partial charge in [-0.3, -0.25) is 0 Å². The van der Waals surface area contributed by atoms with Crippen LogP contribution in [0.5, 0.6) is 0 Å². The Kier molecular flexibility index (Phi) is 13.6. The molecule has 2 atom stereocenters. The molecule has 6 aromatic carbocycles. The lowest BCUT2D eigenvalue weighted by Crippen LogP contribution is -2.28. The van der Waals surface area contributed by atoms with E-state index in [-0.39, 0.29) is 0 Å². The monoisotopic (exact) mass is 818 g/mol. The summed E-state index contributed by atoms with van der Waals surface area (Å²) in [5.74, 6) is -2.01. The van der Waals surface area contributed by atoms with Crippen LogP contribution in [-0.2, 0) is 25.5 Å². The highest BCUT2D eigenvalue weighted by Crippen LogP contribution is 2.45. The van der Waals surface area contributed by atoms with Crippen LogP contribution in [0.3, 0.4) is 0 Å². The number of carboxylic acid groups (broad SMARTS) is 2. The SMILES string of the molecule is C=Cc1c(C)c(C(OC(C)(C)C)C(=O)O)c(-c2ccc(Cl)cc2)c2ccccc12.CCc1c(C)c(C(OC(C)(C)C)C(=O)O)c(-c2ccc(Cl)cc2)c2ccccc12. The van der Waals surface area contributed by atoms with Gasteiger partial charge in [0.25, 0.3) is 0 Å². The molecule has 0 aliphatic heterocycles. The van der Waals surface area contributed by atoms with Crippen molar-refractivity contribution in [3.05, 3.63) is 147 Å². The van der Waals surface area contributed by atoms with E-state index in [1.54, 1.807) is 6.08 Å². The van der Waals surface area contributed by atoms with Crippen molar-refractivity contribution in [3.8, 4) is 22.3 Å². The molecule has 0 spiro atoms. The van der Waals surface area contributed by atoms with E-state index in [9.17, 15) is 19.8 Å². The van der Waals surface area contributed by atoms with Crippen molar-refractivity contribution in [2.24, 2.45) is 0 Å². The number of ether oxygens (including phenoxy) is 2. The lowest BCUT2D eigenvalue weighted by Gasteiger charge is -2.29. The predicted octanol–water partition coefficient (Wildman–Crippen LogP) is 14.0. The largest absolute Gasteiger partial charge is 0.479 e. The van der Waals surface area contributed by atoms with Crippen molar-refractivity contribution in [1.29, 1.82) is 0 Å². The van der Waals surface area contributed by atoms with Gasteiger partial charge in [-0.25, -0.2) is 9.59 Å². The maximum atomic E-state index is 12.4. The van der Waals surface area contributed by atoms with Crippen molar-refractivity contribution < 1.29 is 29.3 Å². The van der Waals surface area contributed by atoms with E-state index in [1.165, 1.54) is 0 Å². The highest BCUT2D eigenvalue weighted by atomic mass is 35.5. The smallest absolute Gasteiger partial charge is 0.337 e. The standard InChI is InChI=1S/C25H27ClO3.C25H25ClO3/c2*1-6-18-15(2)21(23(24(27)28)29-25(3,4)5)22(16-11-13-17(26)14-12-16)20-10-8-7-9-19(18)20/h7-14,23H,6H2,1-5H3,(H,27,28);6-14,23H,1H2,2-5H3,(H,27,28). The van der Waals surface area contributed by atoms with E-state index in [0.717, 1.165) is 72.5 Å². The minimum absolute atomic E-state index is 0.606. The molecule has 2 unspecified atom stereocenters. The van der Waals surface area contributed by atoms with E-state index in [4.69, 9.17) is 32.7 Å². The number of hydrogen-bond acceptors (Lipinski definition) is 4. The molecule has 0 saturated carbocycles. The summed E-state index contributed by atoms with van der Waals surface area (Å²) in [6.45, 7) is 21.2. The van der Waals surface area contributed by atoms with E-state index < -0.39 is 35.3 Å². The molecule has 6 rings (SSSR count). The van der Waals surface area contributed by atoms with Crippen LogP contribution in [0.2, 0.25) is 10.0 Å². The minimum atomic E-state index is -1.12. The summed E-state index contributed by atoms with van der Waals surface area (Å²) in [6.07, 6.45) is 0.393. The van der Waals surface area contributed by atoms with Crippen LogP contribution in [0.4, 0.5) is 0 Å². The second-order valence-electron chi connectivity index (χ2n) is 16.3. The fraction of sp³-hybridized carbons (Fsp3) is 0.280. The Labute approximate surface area is 352 Å². The minimum Gasteiger partial charge on any atom is -0.479 e. The second-order valence-corrected chi connectivity index (χ2v) is 17.2. The number of halogens is 2. The van der Waals surface area contributed by atoms with Gasteiger partial charge in [0.1, 0.15) is 0 Å². The zero-order valence-corrected chi connectivity index (χ0v) is 36.2. The Bertz CT molecular complexity index is 2470. The summed E-state index contributed by atoms with van der Waals surface area (Å²) in [6, 6.07) is 31.1. The summed E-state index contributed by atoms with van der Waals surface area (Å²) in [7, 11) is 0. The van der Waals surface area contributed by atoms with Crippen molar-refractivity contribution in [2.45, 2.75) is 92.1 Å². The molecule has 0 bridgehead atoms. The third-order valence-corrected chi connectivity index (χ3v) is 10.5. The third-order valence-electron chi connectivity index (χ3n) is 9.95. The van der Waals surface area contributed by atoms with Gasteiger partial charge in [-0.1, -0.05) is 116 Å². The van der Waals surface area contributed by atoms with Gasteiger partial charge in [0, 0.05) is 21.2 Å². The van der Waals surface area contributed by atoms with Crippen LogP contribution < -0.4 is 0 Å². The zero-order chi connectivity index (χ0) is 42.7. The Morgan fingerprint density at radius 3 is 1.34 bits per heavy atom. The van der Waals surface area contributed by atoms with Gasteiger partial charge >= 0.3 is 11.9 Å². The highest BCUT2D eigenvalue weighted by Gasteiger charge is 2.34. The number of benzene rings is 6. The van der Waals surface area contributed by atoms with Gasteiger partial charge in [0.15, 0.2) is 12.2 Å². The maximum Gasteiger partial charge on any atom is 0.337 e. The molecule has 0 fully saturated rings. The molecule has 0 aliphatic carbocycles. The van der Waals surface area contributed by atoms with Gasteiger partial charge in [-0.05, 0) is 152 Å². The predicted molar refractivity (Wildman–Crippen MR) is 240 cm³/mol. The van der Waals surface area contributed by atoms with Gasteiger partial charge in [0.05, 0.1) is 11.2 Å². The van der Waals surface area contributed by atoms with E-state index in [2.05, 4.69) is 25.6 Å². The molecule has 8 heteroatoms. The Balaban J connectivity index is 0.000000221. The molecule has 6 nitrogen and oxygen atoms in total. The first kappa shape index (κ1) is 44.1. The number of rotatable bonds is 10. The van der Waals surface area contributed by atoms with Crippen LogP contribution in [-0.4, -0.2) is 33.4 Å². The quantitative estimate of drug-likeness (QED) is 0.143. The first-order valence-corrected chi connectivity index (χ1v) is 20.1. The average Bonchev–Trinajstić information content (AvgIpc) is 3.16. The van der Waals surface area contributed by atoms with Crippen LogP contribution in [0.25, 0.3) is 49.9 Å². The van der Waals surface area contributed by atoms with Gasteiger partial charge < -0.3 is 19.7 Å². The Hall–Kier alpha value is -4.98. The van der Waals surface area contributed by atoms with Crippen molar-refractivity contribution in [3.63, 3.8) is 0 Å². The average molecular weight is 820 g/mol. The molecule has 0 aliphatic rings. The molecular formula is C50H52Cl2O6. The number of aryl methyl sites for hydroxylation is 1. The summed E-state index contributed by atoms with van der Waals surface area (Å²) < 4.78 is 12.1. The van der Waals surface area contributed by atoms with Gasteiger partial charge in [-0.2, -0.15) is 0 Å². The fourth-order valence-electron chi connectivity index (χ4n) is 7.68. The van der Waals surface area contributed by atoms with Gasteiger partial charge in [-0.15, -0.1) is 0 Å². The number of hydrogen-bond donors (Lipinski definition) is 2. The van der Waals surface area contributed by atoms with E-state index in [0.29, 0.717) is 21.2 Å². The summed E-state index contributed by atoms with van der Waals surface area (Å²) in [5.41, 5.74) is 7.55. The summed E-state index contributed by atoms with van der Waals surface area (Å²) in [4.78, 5) is 24.7. The number of aliphatic carboxylic acids is 2. The number of fused-ring (bicyclic) bond motifs is 2. The van der Waals surface area contributed by atoms with Crippen LogP contribution in [0, 0.1) is 13.8 Å². The lowest BCUT2D eigenvalue weighted by molar-refractivity contribution is -0.161. The van der Waals surface area contributed by atoms with Crippen molar-refractivity contribution in [2.75, 3.05) is 0 Å². The van der Waals surface area contributed by atoms with Crippen LogP contribution in [0.1, 0.15) is 94.1 Å². The fourth-order valence-corrected chi connectivity index (χ4v) is 7.93. The first-order valence-electron chi connectivity index (χ1n) is 19.3. The molecule has 0 heterocycles. The highest BCUT2D eigenvalue weighted by molar-refractivity contribution is 6.31. The molecule has 0 saturated heterocycles. The molecule has 0 aromatic heterocycles. The molecule has 6 aromatic rings. The molecule has 2 N–H and O–H groups in total. The van der Waals surface area contributed by atoms with Crippen LogP contribution in [0.15, 0.2) is 104 Å². The zero-order valence-electron chi connectivity index (χ0n) is 34.7. The van der Waals surface area contributed by atoms with E-state index >= 15 is 0 Å². The lowest BCUT2D eigenvalue weighted by atomic mass is 9.83. The molecule has 302 valence electrons. The third kappa shape index (κ3) is 9.65. The van der Waals surface area contributed by atoms with Crippen molar-refractivity contribution in [1.82, 2.24) is 0 Å². The van der Waals surface area contributed by atoms with Crippen LogP contribution >= 0.6 is 23.2 Å². The maximum absolute atomic E-state index is 12.4. The van der Waals surface area contributed by atoms with E-state index in [1.807, 2.05) is 140 Å². The topological polar surface area (TPSA) is 93.1 Å². The second kappa shape index (κ2) is 17.9. The Morgan fingerprint density at radius 1 is 0.621 bits per heavy atom. The first-order chi connectivity index (χ1) is 27.3.